The molecule has 0 bridgehead atoms. The first kappa shape index (κ1) is 22.3. The SMILES string of the molecule is COc1ccc(CN(Cc2cc3cc(C)cc(C)c3[nH]c2=O)C(=O)c2ccccc2C)cc1. The van der Waals surface area contributed by atoms with E-state index in [0.29, 0.717) is 17.7 Å². The van der Waals surface area contributed by atoms with Gasteiger partial charge in [-0.1, -0.05) is 42.0 Å². The molecule has 1 aromatic heterocycles. The van der Waals surface area contributed by atoms with Gasteiger partial charge in [-0.15, -0.1) is 0 Å². The molecule has 4 rings (SSSR count). The lowest BCUT2D eigenvalue weighted by Crippen LogP contribution is -2.33. The van der Waals surface area contributed by atoms with Gasteiger partial charge < -0.3 is 14.6 Å². The quantitative estimate of drug-likeness (QED) is 0.442. The number of carbonyl (C=O) groups excluding carboxylic acids is 1. The van der Waals surface area contributed by atoms with Crippen molar-refractivity contribution in [1.29, 1.82) is 0 Å². The first-order chi connectivity index (χ1) is 15.9. The Kier molecular flexibility index (Phi) is 6.31. The van der Waals surface area contributed by atoms with Gasteiger partial charge in [0, 0.05) is 17.7 Å². The van der Waals surface area contributed by atoms with Crippen molar-refractivity contribution in [2.24, 2.45) is 0 Å². The average molecular weight is 441 g/mol. The number of hydrogen-bond donors (Lipinski definition) is 1. The molecule has 1 heterocycles. The molecule has 1 amide bonds. The lowest BCUT2D eigenvalue weighted by atomic mass is 10.0. The van der Waals surface area contributed by atoms with Crippen LogP contribution in [0.4, 0.5) is 0 Å². The Balaban J connectivity index is 1.74. The lowest BCUT2D eigenvalue weighted by molar-refractivity contribution is 0.0728. The third kappa shape index (κ3) is 4.82. The second-order valence-corrected chi connectivity index (χ2v) is 8.49. The minimum absolute atomic E-state index is 0.108. The van der Waals surface area contributed by atoms with Crippen molar-refractivity contribution in [2.45, 2.75) is 33.9 Å². The highest BCUT2D eigenvalue weighted by Gasteiger charge is 2.20. The monoisotopic (exact) mass is 440 g/mol. The second kappa shape index (κ2) is 9.33. The van der Waals surface area contributed by atoms with Crippen LogP contribution in [0.25, 0.3) is 10.9 Å². The van der Waals surface area contributed by atoms with Gasteiger partial charge in [-0.25, -0.2) is 0 Å². The van der Waals surface area contributed by atoms with Crippen LogP contribution in [-0.2, 0) is 13.1 Å². The van der Waals surface area contributed by atoms with E-state index in [9.17, 15) is 9.59 Å². The summed E-state index contributed by atoms with van der Waals surface area (Å²) in [6.07, 6.45) is 0. The minimum atomic E-state index is -0.174. The number of aryl methyl sites for hydroxylation is 3. The summed E-state index contributed by atoms with van der Waals surface area (Å²) < 4.78 is 5.25. The zero-order valence-electron chi connectivity index (χ0n) is 19.4. The molecule has 0 atom stereocenters. The zero-order valence-corrected chi connectivity index (χ0v) is 19.4. The number of carbonyl (C=O) groups is 1. The molecule has 3 aromatic carbocycles. The fourth-order valence-corrected chi connectivity index (χ4v) is 4.19. The molecule has 0 unspecified atom stereocenters. The Morgan fingerprint density at radius 1 is 0.909 bits per heavy atom. The number of pyridine rings is 1. The molecule has 33 heavy (non-hydrogen) atoms. The summed E-state index contributed by atoms with van der Waals surface area (Å²) in [4.78, 5) is 31.3. The number of hydrogen-bond acceptors (Lipinski definition) is 3. The maximum absolute atomic E-state index is 13.6. The molecular weight excluding hydrogens is 412 g/mol. The van der Waals surface area contributed by atoms with E-state index in [1.807, 2.05) is 75.4 Å². The second-order valence-electron chi connectivity index (χ2n) is 8.49. The first-order valence-corrected chi connectivity index (χ1v) is 11.0. The van der Waals surface area contributed by atoms with E-state index in [2.05, 4.69) is 17.1 Å². The molecule has 0 saturated carbocycles. The van der Waals surface area contributed by atoms with Crippen LogP contribution in [0.5, 0.6) is 5.75 Å². The van der Waals surface area contributed by atoms with E-state index in [0.717, 1.165) is 38.9 Å². The van der Waals surface area contributed by atoms with E-state index in [1.165, 1.54) is 0 Å². The standard InChI is InChI=1S/C28H28N2O3/c1-18-13-20(3)26-22(14-18)15-23(27(31)29-26)17-30(16-21-9-11-24(33-4)12-10-21)28(32)25-8-6-5-7-19(25)2/h5-15H,16-17H2,1-4H3,(H,29,31). The number of methoxy groups -OCH3 is 1. The van der Waals surface area contributed by atoms with Gasteiger partial charge in [-0.2, -0.15) is 0 Å². The number of amides is 1. The molecule has 168 valence electrons. The third-order valence-electron chi connectivity index (χ3n) is 5.93. The number of fused-ring (bicyclic) bond motifs is 1. The van der Waals surface area contributed by atoms with Crippen LogP contribution in [0, 0.1) is 20.8 Å². The lowest BCUT2D eigenvalue weighted by Gasteiger charge is -2.24. The number of rotatable bonds is 6. The summed E-state index contributed by atoms with van der Waals surface area (Å²) in [5, 5.41) is 0.967. The highest BCUT2D eigenvalue weighted by molar-refractivity contribution is 5.95. The van der Waals surface area contributed by atoms with E-state index in [4.69, 9.17) is 4.74 Å². The molecule has 0 radical (unpaired) electrons. The largest absolute Gasteiger partial charge is 0.497 e. The fraction of sp³-hybridized carbons (Fsp3) is 0.214. The number of aromatic amines is 1. The summed E-state index contributed by atoms with van der Waals surface area (Å²) in [5.41, 5.74) is 5.87. The van der Waals surface area contributed by atoms with Crippen molar-refractivity contribution in [2.75, 3.05) is 7.11 Å². The molecule has 5 heteroatoms. The molecule has 0 saturated heterocycles. The number of H-pyrrole nitrogens is 1. The van der Waals surface area contributed by atoms with Crippen molar-refractivity contribution in [3.05, 3.63) is 110 Å². The van der Waals surface area contributed by atoms with Crippen LogP contribution in [0.1, 0.15) is 38.2 Å². The normalized spacial score (nSPS) is 10.9. The van der Waals surface area contributed by atoms with Gasteiger partial charge in [-0.05, 0) is 73.2 Å². The van der Waals surface area contributed by atoms with E-state index in [1.54, 1.807) is 12.0 Å². The fourth-order valence-electron chi connectivity index (χ4n) is 4.19. The Labute approximate surface area is 193 Å². The molecular formula is C28H28N2O3. The van der Waals surface area contributed by atoms with Crippen molar-refractivity contribution in [3.63, 3.8) is 0 Å². The smallest absolute Gasteiger partial charge is 0.254 e. The number of ether oxygens (including phenoxy) is 1. The first-order valence-electron chi connectivity index (χ1n) is 11.0. The Bertz CT molecular complexity index is 1370. The molecule has 0 aliphatic rings. The van der Waals surface area contributed by atoms with Gasteiger partial charge in [0.1, 0.15) is 5.75 Å². The van der Waals surface area contributed by atoms with Crippen molar-refractivity contribution in [3.8, 4) is 5.75 Å². The number of benzene rings is 3. The minimum Gasteiger partial charge on any atom is -0.497 e. The highest BCUT2D eigenvalue weighted by Crippen LogP contribution is 2.21. The molecule has 0 aliphatic heterocycles. The molecule has 0 spiro atoms. The maximum Gasteiger partial charge on any atom is 0.254 e. The summed E-state index contributed by atoms with van der Waals surface area (Å²) in [7, 11) is 1.62. The summed E-state index contributed by atoms with van der Waals surface area (Å²) in [6.45, 7) is 6.53. The Morgan fingerprint density at radius 2 is 1.64 bits per heavy atom. The van der Waals surface area contributed by atoms with E-state index < -0.39 is 0 Å². The van der Waals surface area contributed by atoms with Crippen LogP contribution in [0.15, 0.2) is 71.5 Å². The molecule has 0 fully saturated rings. The van der Waals surface area contributed by atoms with Gasteiger partial charge in [0.05, 0.1) is 19.2 Å². The van der Waals surface area contributed by atoms with Crippen molar-refractivity contribution in [1.82, 2.24) is 9.88 Å². The number of nitrogens with one attached hydrogen (secondary N) is 1. The highest BCUT2D eigenvalue weighted by atomic mass is 16.5. The van der Waals surface area contributed by atoms with Crippen molar-refractivity contribution < 1.29 is 9.53 Å². The summed E-state index contributed by atoms with van der Waals surface area (Å²) >= 11 is 0. The van der Waals surface area contributed by atoms with Crippen LogP contribution < -0.4 is 10.3 Å². The van der Waals surface area contributed by atoms with Crippen molar-refractivity contribution >= 4 is 16.8 Å². The third-order valence-corrected chi connectivity index (χ3v) is 5.93. The van der Waals surface area contributed by atoms with E-state index in [-0.39, 0.29) is 18.0 Å². The van der Waals surface area contributed by atoms with Crippen LogP contribution in [-0.4, -0.2) is 22.9 Å². The molecule has 5 nitrogen and oxygen atoms in total. The Morgan fingerprint density at radius 3 is 2.33 bits per heavy atom. The van der Waals surface area contributed by atoms with E-state index >= 15 is 0 Å². The van der Waals surface area contributed by atoms with Gasteiger partial charge in [0.15, 0.2) is 0 Å². The van der Waals surface area contributed by atoms with Gasteiger partial charge in [-0.3, -0.25) is 9.59 Å². The summed E-state index contributed by atoms with van der Waals surface area (Å²) in [6, 6.07) is 21.2. The molecule has 1 N–H and O–H groups in total. The van der Waals surface area contributed by atoms with Gasteiger partial charge in [0.2, 0.25) is 0 Å². The van der Waals surface area contributed by atoms with Gasteiger partial charge in [0.25, 0.3) is 11.5 Å². The number of aromatic nitrogens is 1. The number of nitrogens with zero attached hydrogens (tertiary/aromatic N) is 1. The topological polar surface area (TPSA) is 62.4 Å². The van der Waals surface area contributed by atoms with Crippen LogP contribution in [0.2, 0.25) is 0 Å². The predicted octanol–water partition coefficient (Wildman–Crippen LogP) is 5.30. The average Bonchev–Trinajstić information content (AvgIpc) is 2.80. The molecule has 4 aromatic rings. The maximum atomic E-state index is 13.6. The predicted molar refractivity (Wildman–Crippen MR) is 132 cm³/mol. The summed E-state index contributed by atoms with van der Waals surface area (Å²) in [5.74, 6) is 0.649. The van der Waals surface area contributed by atoms with Gasteiger partial charge >= 0.3 is 0 Å². The van der Waals surface area contributed by atoms with Crippen LogP contribution >= 0.6 is 0 Å². The molecule has 0 aliphatic carbocycles. The Hall–Kier alpha value is -3.86. The van der Waals surface area contributed by atoms with Crippen LogP contribution in [0.3, 0.4) is 0 Å². The zero-order chi connectivity index (χ0) is 23.5.